The summed E-state index contributed by atoms with van der Waals surface area (Å²) in [6.45, 7) is 4.19. The number of rotatable bonds is 11. The van der Waals surface area contributed by atoms with Gasteiger partial charge in [0.2, 0.25) is 12.1 Å². The van der Waals surface area contributed by atoms with E-state index in [0.717, 1.165) is 37.1 Å². The number of allylic oxidation sites excluding steroid dienone is 3. The van der Waals surface area contributed by atoms with Gasteiger partial charge in [0.05, 0.1) is 10.1 Å². The molecule has 3 heterocycles. The van der Waals surface area contributed by atoms with Crippen molar-refractivity contribution >= 4 is 61.2 Å². The highest BCUT2D eigenvalue weighted by Gasteiger charge is 2.46. The van der Waals surface area contributed by atoms with E-state index in [9.17, 15) is 22.9 Å². The molecule has 42 heavy (non-hydrogen) atoms. The Morgan fingerprint density at radius 2 is 2.00 bits per heavy atom. The molecule has 2 aromatic carbocycles. The molecule has 2 unspecified atom stereocenters. The molecule has 2 atom stereocenters. The minimum absolute atomic E-state index is 0.162. The van der Waals surface area contributed by atoms with Crippen molar-refractivity contribution in [1.29, 1.82) is 0 Å². The first-order valence-electron chi connectivity index (χ1n) is 13.6. The highest BCUT2D eigenvalue weighted by molar-refractivity contribution is 7.98. The van der Waals surface area contributed by atoms with Crippen LogP contribution in [-0.2, 0) is 26.2 Å². The lowest BCUT2D eigenvalue weighted by molar-refractivity contribution is -0.657. The Morgan fingerprint density at radius 3 is 2.67 bits per heavy atom. The van der Waals surface area contributed by atoms with E-state index in [4.69, 9.17) is 4.74 Å². The van der Waals surface area contributed by atoms with Crippen LogP contribution in [0.4, 0.5) is 5.69 Å². The van der Waals surface area contributed by atoms with Gasteiger partial charge in [0.15, 0.2) is 12.0 Å². The predicted molar refractivity (Wildman–Crippen MR) is 165 cm³/mol. The molecule has 0 saturated carbocycles. The van der Waals surface area contributed by atoms with Crippen molar-refractivity contribution in [1.82, 2.24) is 4.90 Å². The molecule has 12 heteroatoms. The molecule has 0 bridgehead atoms. The van der Waals surface area contributed by atoms with Crippen LogP contribution in [0.2, 0.25) is 0 Å². The van der Waals surface area contributed by atoms with Crippen LogP contribution >= 0.6 is 23.1 Å². The van der Waals surface area contributed by atoms with Gasteiger partial charge in [-0.3, -0.25) is 0 Å². The monoisotopic (exact) mass is 627 g/mol. The molecular weight excluding hydrogens is 595 g/mol. The third-order valence-corrected chi connectivity index (χ3v) is 9.91. The molecule has 1 aromatic heterocycles. The maximum absolute atomic E-state index is 11.8. The summed E-state index contributed by atoms with van der Waals surface area (Å²) in [5.74, 6) is -0.797. The summed E-state index contributed by atoms with van der Waals surface area (Å²) in [4.78, 5) is 17.0. The normalized spacial score (nSPS) is 19.9. The zero-order valence-corrected chi connectivity index (χ0v) is 26.0. The number of carboxylic acids is 1. The van der Waals surface area contributed by atoms with Crippen molar-refractivity contribution in [3.05, 3.63) is 82.8 Å². The van der Waals surface area contributed by atoms with E-state index in [-0.39, 0.29) is 25.2 Å². The number of carboxylic acid groups (broad SMARTS) is 1. The highest BCUT2D eigenvalue weighted by Crippen LogP contribution is 2.40. The van der Waals surface area contributed by atoms with Crippen LogP contribution in [0, 0.1) is 0 Å². The second-order valence-corrected chi connectivity index (χ2v) is 13.6. The Morgan fingerprint density at radius 1 is 1.24 bits per heavy atom. The van der Waals surface area contributed by atoms with Crippen LogP contribution in [0.25, 0.3) is 16.3 Å². The van der Waals surface area contributed by atoms with E-state index in [1.54, 1.807) is 11.8 Å². The van der Waals surface area contributed by atoms with E-state index in [0.29, 0.717) is 18.8 Å². The lowest BCUT2D eigenvalue weighted by atomic mass is 10.2. The topological polar surface area (TPSA) is 114 Å². The van der Waals surface area contributed by atoms with E-state index < -0.39 is 21.8 Å². The van der Waals surface area contributed by atoms with Crippen LogP contribution in [0.5, 0.6) is 0 Å². The fourth-order valence-corrected chi connectivity index (χ4v) is 7.44. The van der Waals surface area contributed by atoms with Crippen LogP contribution < -0.4 is 9.47 Å². The third kappa shape index (κ3) is 6.51. The molecule has 0 radical (unpaired) electrons. The molecule has 1 N–H and O–H groups in total. The minimum atomic E-state index is -4.36. The van der Waals surface area contributed by atoms with Gasteiger partial charge in [0.25, 0.3) is 5.01 Å². The Bertz CT molecular complexity index is 1680. The molecule has 9 nitrogen and oxygen atoms in total. The predicted octanol–water partition coefficient (Wildman–Crippen LogP) is 5.02. The van der Waals surface area contributed by atoms with Crippen LogP contribution in [0.1, 0.15) is 31.7 Å². The number of carbonyl (C=O) groups is 1. The average Bonchev–Trinajstić information content (AvgIpc) is 3.56. The Labute approximate surface area is 254 Å². The molecule has 222 valence electrons. The first-order valence-corrected chi connectivity index (χ1v) is 17.2. The molecule has 1 saturated heterocycles. The molecule has 0 aliphatic carbocycles. The molecular formula is C30H33N3O6S3. The third-order valence-electron chi connectivity index (χ3n) is 7.29. The summed E-state index contributed by atoms with van der Waals surface area (Å²) >= 11 is 3.14. The van der Waals surface area contributed by atoms with Gasteiger partial charge in [-0.2, -0.15) is 4.57 Å². The summed E-state index contributed by atoms with van der Waals surface area (Å²) in [7, 11) is -4.36. The first-order chi connectivity index (χ1) is 20.1. The molecule has 0 spiro atoms. The highest BCUT2D eigenvalue weighted by atomic mass is 32.2. The summed E-state index contributed by atoms with van der Waals surface area (Å²) in [6, 6.07) is 16.0. The van der Waals surface area contributed by atoms with Gasteiger partial charge < -0.3 is 24.2 Å². The molecule has 1 fully saturated rings. The number of aromatic nitrogens is 1. The van der Waals surface area contributed by atoms with Crippen molar-refractivity contribution in [2.75, 3.05) is 23.5 Å². The smallest absolute Gasteiger partial charge is 0.370 e. The second-order valence-electron chi connectivity index (χ2n) is 10.1. The molecule has 2 aliphatic heterocycles. The summed E-state index contributed by atoms with van der Waals surface area (Å²) in [6.07, 6.45) is 8.27. The number of hydrogen-bond donors (Lipinski definition) is 1. The van der Waals surface area contributed by atoms with Crippen LogP contribution in [-0.4, -0.2) is 59.8 Å². The zero-order valence-electron chi connectivity index (χ0n) is 23.6. The van der Waals surface area contributed by atoms with Gasteiger partial charge in [0, 0.05) is 46.8 Å². The number of aliphatic carboxylic acids is 1. The maximum atomic E-state index is 11.8. The van der Waals surface area contributed by atoms with E-state index in [2.05, 4.69) is 11.0 Å². The molecule has 2 aliphatic rings. The number of anilines is 1. The zero-order chi connectivity index (χ0) is 30.0. The number of para-hydroxylation sites is 1. The van der Waals surface area contributed by atoms with E-state index in [1.807, 2.05) is 90.3 Å². The number of hydrogen-bond acceptors (Lipinski definition) is 9. The lowest BCUT2D eigenvalue weighted by Gasteiger charge is -2.34. The largest absolute Gasteiger partial charge is 0.748 e. The number of benzene rings is 2. The molecule has 3 aromatic rings. The second kappa shape index (κ2) is 12.5. The standard InChI is InChI=1S/C30H33N3O6S3/c1-4-21(17-28-32(19-29(34)35)24-18-23(40-3)11-12-26(24)41-28)16-27-31(13-8-14-42(36,37)38)30-25(39-27)15-20(2)33(30)22-9-6-5-7-10-22/h5-7,9-12,15-18,25,30H,4,8,13-14,19H2,1-3H3,(H-,34,35,36,37,38). The lowest BCUT2D eigenvalue weighted by Crippen LogP contribution is -2.45. The van der Waals surface area contributed by atoms with Gasteiger partial charge in [0.1, 0.15) is 10.9 Å². The molecule has 0 amide bonds. The van der Waals surface area contributed by atoms with E-state index >= 15 is 0 Å². The Balaban J connectivity index is 1.54. The van der Waals surface area contributed by atoms with Crippen molar-refractivity contribution in [3.8, 4) is 0 Å². The number of nitrogens with zero attached hydrogens (tertiary/aromatic N) is 3. The minimum Gasteiger partial charge on any atom is -0.748 e. The number of thioether (sulfide) groups is 1. The maximum Gasteiger partial charge on any atom is 0.370 e. The average molecular weight is 628 g/mol. The van der Waals surface area contributed by atoms with Gasteiger partial charge in [-0.05, 0) is 61.9 Å². The summed E-state index contributed by atoms with van der Waals surface area (Å²) in [5, 5.41) is 10.5. The van der Waals surface area contributed by atoms with Gasteiger partial charge in [-0.15, -0.1) is 11.8 Å². The fourth-order valence-electron chi connectivity index (χ4n) is 5.40. The van der Waals surface area contributed by atoms with Crippen LogP contribution in [0.15, 0.2) is 82.7 Å². The Kier molecular flexibility index (Phi) is 8.97. The Hall–Kier alpha value is -3.32. The quantitative estimate of drug-likeness (QED) is 0.178. The van der Waals surface area contributed by atoms with Crippen molar-refractivity contribution in [2.24, 2.45) is 0 Å². The van der Waals surface area contributed by atoms with Crippen molar-refractivity contribution in [2.45, 2.75) is 50.4 Å². The van der Waals surface area contributed by atoms with Gasteiger partial charge in [-0.1, -0.05) is 36.5 Å². The van der Waals surface area contributed by atoms with Gasteiger partial charge in [-0.25, -0.2) is 13.2 Å². The summed E-state index contributed by atoms with van der Waals surface area (Å²) in [5.41, 5.74) is 3.80. The van der Waals surface area contributed by atoms with Crippen molar-refractivity contribution in [3.63, 3.8) is 0 Å². The SMILES string of the molecule is CCC(=Cc1sc2ccc(SC)cc2[n+]1CC(=O)O)C=C1OC2C=C(C)N(c3ccccc3)C2N1CCCS(=O)(=O)[O-]. The number of ether oxygens (including phenoxy) is 1. The van der Waals surface area contributed by atoms with Crippen molar-refractivity contribution < 1.29 is 32.2 Å². The van der Waals surface area contributed by atoms with E-state index in [1.165, 1.54) is 11.3 Å². The van der Waals surface area contributed by atoms with Gasteiger partial charge >= 0.3 is 5.97 Å². The number of fused-ring (bicyclic) bond motifs is 2. The fraction of sp³-hybridized carbons (Fsp3) is 0.333. The number of thiazole rings is 1. The molecule has 5 rings (SSSR count). The summed E-state index contributed by atoms with van der Waals surface area (Å²) < 4.78 is 43.5. The first kappa shape index (κ1) is 30.1. The van der Waals surface area contributed by atoms with Crippen LogP contribution in [0.3, 0.4) is 0 Å².